The normalized spacial score (nSPS) is 29.3. The van der Waals surface area contributed by atoms with Crippen molar-refractivity contribution < 1.29 is 9.53 Å². The maximum atomic E-state index is 12.3. The number of carbonyl (C=O) groups is 1. The van der Waals surface area contributed by atoms with Crippen molar-refractivity contribution in [3.8, 4) is 0 Å². The van der Waals surface area contributed by atoms with Crippen LogP contribution >= 0.6 is 0 Å². The summed E-state index contributed by atoms with van der Waals surface area (Å²) >= 11 is 0. The van der Waals surface area contributed by atoms with Crippen LogP contribution in [0.5, 0.6) is 0 Å². The topological polar surface area (TPSA) is 29.5 Å². The van der Waals surface area contributed by atoms with Gasteiger partial charge in [-0.15, -0.1) is 0 Å². The molecule has 1 saturated heterocycles. The number of hydrogen-bond donors (Lipinski definition) is 0. The van der Waals surface area contributed by atoms with Crippen LogP contribution in [-0.4, -0.2) is 29.6 Å². The summed E-state index contributed by atoms with van der Waals surface area (Å²) in [6, 6.07) is 0. The van der Waals surface area contributed by atoms with E-state index in [2.05, 4.69) is 29.2 Å². The first kappa shape index (κ1) is 11.6. The van der Waals surface area contributed by atoms with Crippen molar-refractivity contribution in [1.82, 2.24) is 4.90 Å². The van der Waals surface area contributed by atoms with Gasteiger partial charge in [-0.2, -0.15) is 0 Å². The monoisotopic (exact) mass is 245 g/mol. The van der Waals surface area contributed by atoms with Gasteiger partial charge in [0.15, 0.2) is 0 Å². The van der Waals surface area contributed by atoms with Gasteiger partial charge in [-0.1, -0.05) is 24.3 Å². The van der Waals surface area contributed by atoms with Crippen LogP contribution in [0.1, 0.15) is 32.6 Å². The van der Waals surface area contributed by atoms with Crippen LogP contribution in [0, 0.1) is 0 Å². The van der Waals surface area contributed by atoms with Crippen LogP contribution in [-0.2, 0) is 9.53 Å². The maximum absolute atomic E-state index is 12.3. The standard InChI is InChI=1S/C15H19NO2/c1-2-18-14(17)15-9-6-10-16(15)13-8-5-3-4-7-12(13)11-15/h3-5,7H,2,6,8-11H2,1H3. The average molecular weight is 245 g/mol. The van der Waals surface area contributed by atoms with E-state index in [0.717, 1.165) is 32.2 Å². The first-order chi connectivity index (χ1) is 8.78. The Bertz CT molecular complexity index is 461. The van der Waals surface area contributed by atoms with E-state index in [1.807, 2.05) is 6.92 Å². The summed E-state index contributed by atoms with van der Waals surface area (Å²) < 4.78 is 5.32. The van der Waals surface area contributed by atoms with Crippen LogP contribution in [0.4, 0.5) is 0 Å². The molecule has 0 bridgehead atoms. The van der Waals surface area contributed by atoms with Crippen molar-refractivity contribution >= 4 is 5.97 Å². The Morgan fingerprint density at radius 3 is 3.22 bits per heavy atom. The summed E-state index contributed by atoms with van der Waals surface area (Å²) in [6.45, 7) is 3.33. The molecule has 1 atom stereocenters. The second kappa shape index (κ2) is 4.30. The van der Waals surface area contributed by atoms with Gasteiger partial charge in [0.05, 0.1) is 6.61 Å². The molecule has 0 aromatic heterocycles. The summed E-state index contributed by atoms with van der Waals surface area (Å²) in [7, 11) is 0. The van der Waals surface area contributed by atoms with Gasteiger partial charge in [-0.3, -0.25) is 0 Å². The number of ether oxygens (including phenoxy) is 1. The zero-order valence-electron chi connectivity index (χ0n) is 10.8. The zero-order chi connectivity index (χ0) is 12.6. The Morgan fingerprint density at radius 1 is 1.50 bits per heavy atom. The highest BCUT2D eigenvalue weighted by atomic mass is 16.5. The third-order valence-electron chi connectivity index (χ3n) is 4.18. The third-order valence-corrected chi connectivity index (χ3v) is 4.18. The van der Waals surface area contributed by atoms with E-state index in [9.17, 15) is 4.79 Å². The molecule has 1 fully saturated rings. The predicted molar refractivity (Wildman–Crippen MR) is 69.8 cm³/mol. The van der Waals surface area contributed by atoms with Crippen molar-refractivity contribution in [3.05, 3.63) is 35.6 Å². The number of hydrogen-bond acceptors (Lipinski definition) is 3. The molecule has 96 valence electrons. The highest BCUT2D eigenvalue weighted by molar-refractivity contribution is 5.83. The molecule has 0 aromatic carbocycles. The van der Waals surface area contributed by atoms with Crippen LogP contribution in [0.15, 0.2) is 35.6 Å². The number of nitrogens with zero attached hydrogens (tertiary/aromatic N) is 1. The van der Waals surface area contributed by atoms with Crippen molar-refractivity contribution in [2.24, 2.45) is 0 Å². The fraction of sp³-hybridized carbons (Fsp3) is 0.533. The molecule has 1 unspecified atom stereocenters. The van der Waals surface area contributed by atoms with Crippen LogP contribution < -0.4 is 0 Å². The lowest BCUT2D eigenvalue weighted by atomic mass is 9.91. The first-order valence-electron chi connectivity index (χ1n) is 6.78. The fourth-order valence-electron chi connectivity index (χ4n) is 3.42. The van der Waals surface area contributed by atoms with Gasteiger partial charge in [-0.25, -0.2) is 4.79 Å². The molecular formula is C15H19NO2. The Hall–Kier alpha value is -1.51. The molecule has 18 heavy (non-hydrogen) atoms. The number of esters is 1. The quantitative estimate of drug-likeness (QED) is 0.700. The molecule has 0 amide bonds. The van der Waals surface area contributed by atoms with Crippen LogP contribution in [0.3, 0.4) is 0 Å². The smallest absolute Gasteiger partial charge is 0.332 e. The minimum Gasteiger partial charge on any atom is -0.464 e. The molecule has 3 nitrogen and oxygen atoms in total. The van der Waals surface area contributed by atoms with Gasteiger partial charge < -0.3 is 9.64 Å². The molecule has 0 aromatic rings. The van der Waals surface area contributed by atoms with Crippen molar-refractivity contribution in [3.63, 3.8) is 0 Å². The SMILES string of the molecule is CCOC(=O)C12CCCN1C1=C(C=CC=CC1)C2. The summed E-state index contributed by atoms with van der Waals surface area (Å²) in [4.78, 5) is 14.7. The molecule has 0 radical (unpaired) electrons. The van der Waals surface area contributed by atoms with E-state index in [0.29, 0.717) is 6.61 Å². The number of fused-ring (bicyclic) bond motifs is 2. The molecule has 3 rings (SSSR count). The largest absolute Gasteiger partial charge is 0.464 e. The van der Waals surface area contributed by atoms with Gasteiger partial charge in [-0.05, 0) is 25.3 Å². The van der Waals surface area contributed by atoms with E-state index in [1.165, 1.54) is 11.3 Å². The predicted octanol–water partition coefficient (Wildman–Crippen LogP) is 2.56. The lowest BCUT2D eigenvalue weighted by molar-refractivity contribution is -0.154. The molecule has 2 aliphatic heterocycles. The Labute approximate surface area is 108 Å². The minimum absolute atomic E-state index is 0.0343. The van der Waals surface area contributed by atoms with Crippen LogP contribution in [0.25, 0.3) is 0 Å². The Balaban J connectivity index is 1.93. The Kier molecular flexibility index (Phi) is 2.77. The number of carbonyl (C=O) groups excluding carboxylic acids is 1. The highest BCUT2D eigenvalue weighted by Crippen LogP contribution is 2.47. The lowest BCUT2D eigenvalue weighted by Crippen LogP contribution is -2.47. The molecule has 3 heteroatoms. The first-order valence-corrected chi connectivity index (χ1v) is 6.78. The average Bonchev–Trinajstić information content (AvgIpc) is 2.80. The van der Waals surface area contributed by atoms with E-state index in [4.69, 9.17) is 4.74 Å². The van der Waals surface area contributed by atoms with Gasteiger partial charge in [0.25, 0.3) is 0 Å². The van der Waals surface area contributed by atoms with Crippen molar-refractivity contribution in [2.45, 2.75) is 38.1 Å². The maximum Gasteiger partial charge on any atom is 0.332 e. The molecule has 0 N–H and O–H groups in total. The van der Waals surface area contributed by atoms with Gasteiger partial charge >= 0.3 is 5.97 Å². The van der Waals surface area contributed by atoms with E-state index >= 15 is 0 Å². The second-order valence-electron chi connectivity index (χ2n) is 5.15. The Morgan fingerprint density at radius 2 is 2.39 bits per heavy atom. The summed E-state index contributed by atoms with van der Waals surface area (Å²) in [5, 5.41) is 0. The van der Waals surface area contributed by atoms with E-state index < -0.39 is 5.54 Å². The van der Waals surface area contributed by atoms with Crippen molar-refractivity contribution in [1.29, 1.82) is 0 Å². The van der Waals surface area contributed by atoms with Crippen LogP contribution in [0.2, 0.25) is 0 Å². The summed E-state index contributed by atoms with van der Waals surface area (Å²) in [5.41, 5.74) is 2.24. The van der Waals surface area contributed by atoms with Gasteiger partial charge in [0.2, 0.25) is 0 Å². The van der Waals surface area contributed by atoms with E-state index in [-0.39, 0.29) is 5.97 Å². The number of allylic oxidation sites excluding steroid dienone is 4. The molecule has 1 aliphatic carbocycles. The van der Waals surface area contributed by atoms with Crippen molar-refractivity contribution in [2.75, 3.05) is 13.2 Å². The number of rotatable bonds is 2. The summed E-state index contributed by atoms with van der Waals surface area (Å²) in [6.07, 6.45) is 12.2. The molecular weight excluding hydrogens is 226 g/mol. The summed E-state index contributed by atoms with van der Waals surface area (Å²) in [5.74, 6) is -0.0343. The fourth-order valence-corrected chi connectivity index (χ4v) is 3.42. The lowest BCUT2D eigenvalue weighted by Gasteiger charge is -2.33. The minimum atomic E-state index is -0.393. The zero-order valence-corrected chi connectivity index (χ0v) is 10.8. The van der Waals surface area contributed by atoms with Gasteiger partial charge in [0.1, 0.15) is 5.54 Å². The molecule has 0 spiro atoms. The van der Waals surface area contributed by atoms with Gasteiger partial charge in [0, 0.05) is 25.1 Å². The second-order valence-corrected chi connectivity index (χ2v) is 5.15. The molecule has 0 saturated carbocycles. The van der Waals surface area contributed by atoms with E-state index in [1.54, 1.807) is 0 Å². The molecule has 3 aliphatic rings. The third kappa shape index (κ3) is 1.53. The molecule has 2 heterocycles. The highest BCUT2D eigenvalue weighted by Gasteiger charge is 2.53.